The first-order valence-electron chi connectivity index (χ1n) is 11.3. The molecule has 0 spiro atoms. The molecule has 4 aliphatic carbocycles. The molecule has 5 aliphatic rings. The van der Waals surface area contributed by atoms with E-state index in [1.165, 1.54) is 38.5 Å². The van der Waals surface area contributed by atoms with Gasteiger partial charge in [-0.3, -0.25) is 9.59 Å². The van der Waals surface area contributed by atoms with Crippen LogP contribution in [0.25, 0.3) is 0 Å². The Balaban J connectivity index is 1.18. The number of carbonyl (C=O) groups excluding carboxylic acids is 2. The highest BCUT2D eigenvalue weighted by molar-refractivity contribution is 6.30. The molecule has 4 bridgehead atoms. The summed E-state index contributed by atoms with van der Waals surface area (Å²) in [6.45, 7) is 2.09. The molecular formula is C24H31ClN2O2. The van der Waals surface area contributed by atoms with Crippen molar-refractivity contribution < 1.29 is 9.59 Å². The summed E-state index contributed by atoms with van der Waals surface area (Å²) in [6.07, 6.45) is 9.97. The van der Waals surface area contributed by atoms with Gasteiger partial charge in [-0.15, -0.1) is 0 Å². The Morgan fingerprint density at radius 3 is 2.28 bits per heavy atom. The molecule has 0 aromatic heterocycles. The van der Waals surface area contributed by atoms with E-state index < -0.39 is 0 Å². The number of likely N-dealkylation sites (tertiary alicyclic amines) is 1. The molecule has 5 heteroatoms. The molecule has 156 valence electrons. The second-order valence-electron chi connectivity index (χ2n) is 10.2. The van der Waals surface area contributed by atoms with Crippen LogP contribution in [-0.2, 0) is 4.79 Å². The van der Waals surface area contributed by atoms with Crippen molar-refractivity contribution in [1.29, 1.82) is 0 Å². The lowest BCUT2D eigenvalue weighted by molar-refractivity contribution is -0.128. The normalized spacial score (nSPS) is 35.6. The Bertz CT molecular complexity index is 755. The van der Waals surface area contributed by atoms with Crippen molar-refractivity contribution in [2.24, 2.45) is 29.1 Å². The Labute approximate surface area is 178 Å². The van der Waals surface area contributed by atoms with Crippen LogP contribution in [0, 0.1) is 29.1 Å². The van der Waals surface area contributed by atoms with Gasteiger partial charge in [0.1, 0.15) is 0 Å². The van der Waals surface area contributed by atoms with E-state index in [9.17, 15) is 9.59 Å². The number of amides is 2. The minimum Gasteiger partial charge on any atom is -0.355 e. The summed E-state index contributed by atoms with van der Waals surface area (Å²) in [5, 5.41) is 3.95. The SMILES string of the molecule is O=C(NCC12CC3CC(CC(C3)C1)C2)C1CCCN(C(=O)c2ccc(Cl)cc2)C1. The van der Waals surface area contributed by atoms with Crippen molar-refractivity contribution in [3.8, 4) is 0 Å². The zero-order valence-electron chi connectivity index (χ0n) is 17.0. The summed E-state index contributed by atoms with van der Waals surface area (Å²) >= 11 is 5.94. The van der Waals surface area contributed by atoms with Crippen LogP contribution in [0.5, 0.6) is 0 Å². The van der Waals surface area contributed by atoms with Gasteiger partial charge in [0.25, 0.3) is 5.91 Å². The summed E-state index contributed by atoms with van der Waals surface area (Å²) in [5.41, 5.74) is 1.00. The van der Waals surface area contributed by atoms with Crippen LogP contribution in [0.3, 0.4) is 0 Å². The zero-order chi connectivity index (χ0) is 20.0. The van der Waals surface area contributed by atoms with Crippen molar-refractivity contribution in [2.45, 2.75) is 51.4 Å². The number of halogens is 1. The summed E-state index contributed by atoms with van der Waals surface area (Å²) in [7, 11) is 0. The van der Waals surface area contributed by atoms with E-state index >= 15 is 0 Å². The predicted molar refractivity (Wildman–Crippen MR) is 114 cm³/mol. The van der Waals surface area contributed by atoms with E-state index in [0.717, 1.165) is 43.7 Å². The third kappa shape index (κ3) is 3.93. The first-order valence-corrected chi connectivity index (χ1v) is 11.7. The van der Waals surface area contributed by atoms with Crippen molar-refractivity contribution in [3.63, 3.8) is 0 Å². The maximum atomic E-state index is 13.0. The second-order valence-corrected chi connectivity index (χ2v) is 10.7. The maximum Gasteiger partial charge on any atom is 0.253 e. The minimum atomic E-state index is -0.0890. The monoisotopic (exact) mass is 414 g/mol. The molecule has 0 radical (unpaired) electrons. The van der Waals surface area contributed by atoms with Crippen molar-refractivity contribution in [1.82, 2.24) is 10.2 Å². The summed E-state index contributed by atoms with van der Waals surface area (Å²) in [5.74, 6) is 2.77. The van der Waals surface area contributed by atoms with Crippen LogP contribution in [0.15, 0.2) is 24.3 Å². The van der Waals surface area contributed by atoms with Gasteiger partial charge in [-0.1, -0.05) is 11.6 Å². The topological polar surface area (TPSA) is 49.4 Å². The Kier molecular flexibility index (Phi) is 5.09. The minimum absolute atomic E-state index is 0.000232. The van der Waals surface area contributed by atoms with Gasteiger partial charge in [-0.25, -0.2) is 0 Å². The van der Waals surface area contributed by atoms with Gasteiger partial charge in [-0.2, -0.15) is 0 Å². The molecule has 1 unspecified atom stereocenters. The average Bonchev–Trinajstić information content (AvgIpc) is 2.71. The maximum absolute atomic E-state index is 13.0. The molecular weight excluding hydrogens is 384 g/mol. The largest absolute Gasteiger partial charge is 0.355 e. The van der Waals surface area contributed by atoms with Gasteiger partial charge in [0.2, 0.25) is 5.91 Å². The van der Waals surface area contributed by atoms with Crippen LogP contribution in [-0.4, -0.2) is 36.3 Å². The van der Waals surface area contributed by atoms with E-state index in [0.29, 0.717) is 22.5 Å². The van der Waals surface area contributed by atoms with Gasteiger partial charge < -0.3 is 10.2 Å². The Morgan fingerprint density at radius 1 is 1.03 bits per heavy atom. The quantitative estimate of drug-likeness (QED) is 0.787. The highest BCUT2D eigenvalue weighted by Crippen LogP contribution is 2.59. The van der Waals surface area contributed by atoms with Crippen molar-refractivity contribution >= 4 is 23.4 Å². The molecule has 2 amide bonds. The third-order valence-corrected chi connectivity index (χ3v) is 8.23. The van der Waals surface area contributed by atoms with E-state index in [-0.39, 0.29) is 17.7 Å². The van der Waals surface area contributed by atoms with E-state index in [4.69, 9.17) is 11.6 Å². The number of benzene rings is 1. The fraction of sp³-hybridized carbons (Fsp3) is 0.667. The number of hydrogen-bond acceptors (Lipinski definition) is 2. The van der Waals surface area contributed by atoms with Gasteiger partial charge in [0, 0.05) is 30.2 Å². The summed E-state index contributed by atoms with van der Waals surface area (Å²) < 4.78 is 0. The molecule has 1 aromatic carbocycles. The highest BCUT2D eigenvalue weighted by atomic mass is 35.5. The second kappa shape index (κ2) is 7.61. The van der Waals surface area contributed by atoms with Crippen LogP contribution < -0.4 is 5.32 Å². The third-order valence-electron chi connectivity index (χ3n) is 7.97. The lowest BCUT2D eigenvalue weighted by Gasteiger charge is -2.57. The number of hydrogen-bond donors (Lipinski definition) is 1. The lowest BCUT2D eigenvalue weighted by Crippen LogP contribution is -2.52. The Hall–Kier alpha value is -1.55. The number of carbonyl (C=O) groups is 2. The van der Waals surface area contributed by atoms with E-state index in [2.05, 4.69) is 5.32 Å². The first-order chi connectivity index (χ1) is 14.0. The van der Waals surface area contributed by atoms with E-state index in [1.54, 1.807) is 24.3 Å². The van der Waals surface area contributed by atoms with Crippen LogP contribution in [0.1, 0.15) is 61.7 Å². The van der Waals surface area contributed by atoms with Crippen molar-refractivity contribution in [3.05, 3.63) is 34.9 Å². The number of rotatable bonds is 4. The smallest absolute Gasteiger partial charge is 0.253 e. The standard InChI is InChI=1S/C24H31ClN2O2/c25-21-5-3-19(4-6-21)23(29)27-7-1-2-20(14-27)22(28)26-15-24-11-16-8-17(12-24)10-18(9-16)13-24/h3-6,16-18,20H,1-2,7-15H2,(H,26,28). The zero-order valence-corrected chi connectivity index (χ0v) is 17.8. The fourth-order valence-corrected chi connectivity index (χ4v) is 7.20. The average molecular weight is 415 g/mol. The highest BCUT2D eigenvalue weighted by Gasteiger charge is 2.50. The number of nitrogens with one attached hydrogen (secondary N) is 1. The number of nitrogens with zero attached hydrogens (tertiary/aromatic N) is 1. The molecule has 6 rings (SSSR count). The lowest BCUT2D eigenvalue weighted by atomic mass is 9.49. The first kappa shape index (κ1) is 19.4. The number of piperidine rings is 1. The molecule has 1 aliphatic heterocycles. The fourth-order valence-electron chi connectivity index (χ4n) is 7.08. The molecule has 1 saturated heterocycles. The molecule has 1 aromatic rings. The molecule has 5 fully saturated rings. The van der Waals surface area contributed by atoms with Gasteiger partial charge in [-0.05, 0) is 98.8 Å². The van der Waals surface area contributed by atoms with Gasteiger partial charge in [0.15, 0.2) is 0 Å². The van der Waals surface area contributed by atoms with Crippen molar-refractivity contribution in [2.75, 3.05) is 19.6 Å². The summed E-state index contributed by atoms with van der Waals surface area (Å²) in [6, 6.07) is 7.02. The molecule has 4 saturated carbocycles. The Morgan fingerprint density at radius 2 is 1.66 bits per heavy atom. The van der Waals surface area contributed by atoms with Crippen LogP contribution >= 0.6 is 11.6 Å². The van der Waals surface area contributed by atoms with E-state index in [1.807, 2.05) is 4.90 Å². The van der Waals surface area contributed by atoms with Gasteiger partial charge in [0.05, 0.1) is 5.92 Å². The summed E-state index contributed by atoms with van der Waals surface area (Å²) in [4.78, 5) is 27.6. The molecule has 1 N–H and O–H groups in total. The molecule has 29 heavy (non-hydrogen) atoms. The molecule has 4 nitrogen and oxygen atoms in total. The van der Waals surface area contributed by atoms with Gasteiger partial charge >= 0.3 is 0 Å². The van der Waals surface area contributed by atoms with Crippen LogP contribution in [0.4, 0.5) is 0 Å². The van der Waals surface area contributed by atoms with Crippen LogP contribution in [0.2, 0.25) is 5.02 Å². The molecule has 1 atom stereocenters. The molecule has 1 heterocycles. The predicted octanol–water partition coefficient (Wildman–Crippen LogP) is 4.52.